The van der Waals surface area contributed by atoms with E-state index >= 15 is 0 Å². The molecule has 0 aliphatic heterocycles. The lowest BCUT2D eigenvalue weighted by Crippen LogP contribution is -2.04. The normalized spacial score (nSPS) is 11.7. The van der Waals surface area contributed by atoms with E-state index in [1.165, 1.54) is 25.7 Å². The SMILES string of the molecule is CCCC(CC)CCCOc1cccc(Nc2ccc(OCc3ncccn3)cc2C)c1. The molecule has 1 aromatic heterocycles. The predicted octanol–water partition coefficient (Wildman–Crippen LogP) is 7.09. The Hall–Kier alpha value is -3.08. The Morgan fingerprint density at radius 1 is 0.906 bits per heavy atom. The lowest BCUT2D eigenvalue weighted by Gasteiger charge is -2.15. The Labute approximate surface area is 192 Å². The van der Waals surface area contributed by atoms with E-state index in [1.807, 2.05) is 30.3 Å². The molecule has 0 saturated heterocycles. The van der Waals surface area contributed by atoms with Crippen LogP contribution in [0.25, 0.3) is 0 Å². The van der Waals surface area contributed by atoms with Crippen LogP contribution in [0.4, 0.5) is 11.4 Å². The standard InChI is InChI=1S/C27H35N3O2/c1-4-9-22(5-2)10-7-17-31-24-12-6-11-23(19-24)30-26-14-13-25(18-21(26)3)32-20-27-28-15-8-16-29-27/h6,8,11-16,18-19,22,30H,4-5,7,9-10,17,20H2,1-3H3. The van der Waals surface area contributed by atoms with Crippen LogP contribution in [-0.2, 0) is 6.61 Å². The fourth-order valence-electron chi connectivity index (χ4n) is 3.76. The zero-order valence-corrected chi connectivity index (χ0v) is 19.5. The van der Waals surface area contributed by atoms with Gasteiger partial charge in [-0.2, -0.15) is 0 Å². The van der Waals surface area contributed by atoms with Crippen molar-refractivity contribution in [1.29, 1.82) is 0 Å². The fourth-order valence-corrected chi connectivity index (χ4v) is 3.76. The summed E-state index contributed by atoms with van der Waals surface area (Å²) in [6.07, 6.45) is 9.63. The lowest BCUT2D eigenvalue weighted by atomic mass is 9.96. The molecule has 170 valence electrons. The van der Waals surface area contributed by atoms with Gasteiger partial charge >= 0.3 is 0 Å². The van der Waals surface area contributed by atoms with Crippen molar-refractivity contribution in [3.63, 3.8) is 0 Å². The number of aromatic nitrogens is 2. The maximum Gasteiger partial charge on any atom is 0.166 e. The van der Waals surface area contributed by atoms with Gasteiger partial charge in [0.2, 0.25) is 0 Å². The number of nitrogens with one attached hydrogen (secondary N) is 1. The highest BCUT2D eigenvalue weighted by molar-refractivity contribution is 5.65. The second-order valence-corrected chi connectivity index (χ2v) is 8.14. The molecule has 3 rings (SSSR count). The van der Waals surface area contributed by atoms with Gasteiger partial charge in [-0.3, -0.25) is 0 Å². The first-order chi connectivity index (χ1) is 15.7. The molecular formula is C27H35N3O2. The van der Waals surface area contributed by atoms with E-state index in [0.717, 1.165) is 47.4 Å². The molecule has 5 nitrogen and oxygen atoms in total. The van der Waals surface area contributed by atoms with Crippen molar-refractivity contribution in [3.05, 3.63) is 72.3 Å². The van der Waals surface area contributed by atoms with Crippen molar-refractivity contribution in [1.82, 2.24) is 9.97 Å². The molecule has 0 spiro atoms. The van der Waals surface area contributed by atoms with Gasteiger partial charge in [0.25, 0.3) is 0 Å². The van der Waals surface area contributed by atoms with Crippen LogP contribution < -0.4 is 14.8 Å². The summed E-state index contributed by atoms with van der Waals surface area (Å²) in [4.78, 5) is 8.37. The Morgan fingerprint density at radius 3 is 2.47 bits per heavy atom. The van der Waals surface area contributed by atoms with Gasteiger partial charge in [0, 0.05) is 29.8 Å². The van der Waals surface area contributed by atoms with Gasteiger partial charge in [-0.1, -0.05) is 39.2 Å². The van der Waals surface area contributed by atoms with E-state index in [-0.39, 0.29) is 0 Å². The summed E-state index contributed by atoms with van der Waals surface area (Å²) in [6.45, 7) is 7.73. The van der Waals surface area contributed by atoms with Crippen LogP contribution in [0.3, 0.4) is 0 Å². The number of anilines is 2. The van der Waals surface area contributed by atoms with Crippen LogP contribution in [0.1, 0.15) is 57.3 Å². The molecule has 1 unspecified atom stereocenters. The highest BCUT2D eigenvalue weighted by atomic mass is 16.5. The van der Waals surface area contributed by atoms with Crippen LogP contribution in [0.5, 0.6) is 11.5 Å². The van der Waals surface area contributed by atoms with E-state index in [0.29, 0.717) is 12.4 Å². The van der Waals surface area contributed by atoms with Gasteiger partial charge in [0.05, 0.1) is 6.61 Å². The molecule has 1 N–H and O–H groups in total. The number of aryl methyl sites for hydroxylation is 1. The first-order valence-electron chi connectivity index (χ1n) is 11.7. The van der Waals surface area contributed by atoms with E-state index < -0.39 is 0 Å². The van der Waals surface area contributed by atoms with Crippen LogP contribution in [0.2, 0.25) is 0 Å². The molecule has 1 atom stereocenters. The second kappa shape index (κ2) is 12.7. The minimum Gasteiger partial charge on any atom is -0.494 e. The van der Waals surface area contributed by atoms with E-state index in [1.54, 1.807) is 18.5 Å². The van der Waals surface area contributed by atoms with Gasteiger partial charge in [-0.15, -0.1) is 0 Å². The van der Waals surface area contributed by atoms with Crippen molar-refractivity contribution in [2.45, 2.75) is 59.5 Å². The van der Waals surface area contributed by atoms with Crippen LogP contribution in [0.15, 0.2) is 60.9 Å². The third kappa shape index (κ3) is 7.56. The number of hydrogen-bond donors (Lipinski definition) is 1. The maximum absolute atomic E-state index is 6.01. The fraction of sp³-hybridized carbons (Fsp3) is 0.407. The molecule has 0 fully saturated rings. The average Bonchev–Trinajstić information content (AvgIpc) is 2.82. The Morgan fingerprint density at radius 2 is 1.72 bits per heavy atom. The first-order valence-corrected chi connectivity index (χ1v) is 11.7. The Kier molecular flexibility index (Phi) is 9.36. The molecule has 0 bridgehead atoms. The summed E-state index contributed by atoms with van der Waals surface area (Å²) < 4.78 is 11.8. The molecule has 0 aliphatic carbocycles. The largest absolute Gasteiger partial charge is 0.494 e. The van der Waals surface area contributed by atoms with Crippen molar-refractivity contribution < 1.29 is 9.47 Å². The number of ether oxygens (including phenoxy) is 2. The number of nitrogens with zero attached hydrogens (tertiary/aromatic N) is 2. The van der Waals surface area contributed by atoms with Crippen LogP contribution in [-0.4, -0.2) is 16.6 Å². The zero-order chi connectivity index (χ0) is 22.6. The minimum absolute atomic E-state index is 0.351. The monoisotopic (exact) mass is 433 g/mol. The molecule has 5 heteroatoms. The third-order valence-electron chi connectivity index (χ3n) is 5.60. The summed E-state index contributed by atoms with van der Waals surface area (Å²) in [7, 11) is 0. The Bertz CT molecular complexity index is 947. The number of rotatable bonds is 13. The predicted molar refractivity (Wildman–Crippen MR) is 131 cm³/mol. The van der Waals surface area contributed by atoms with Crippen molar-refractivity contribution in [2.75, 3.05) is 11.9 Å². The molecule has 1 heterocycles. The topological polar surface area (TPSA) is 56.3 Å². The molecule has 0 saturated carbocycles. The van der Waals surface area contributed by atoms with E-state index in [2.05, 4.69) is 48.2 Å². The van der Waals surface area contributed by atoms with Crippen LogP contribution in [0, 0.1) is 12.8 Å². The third-order valence-corrected chi connectivity index (χ3v) is 5.60. The summed E-state index contributed by atoms with van der Waals surface area (Å²) in [6, 6.07) is 16.0. The van der Waals surface area contributed by atoms with E-state index in [9.17, 15) is 0 Å². The number of benzene rings is 2. The van der Waals surface area contributed by atoms with Gasteiger partial charge in [0.15, 0.2) is 5.82 Å². The molecule has 0 radical (unpaired) electrons. The summed E-state index contributed by atoms with van der Waals surface area (Å²) in [5.74, 6) is 3.19. The van der Waals surface area contributed by atoms with Gasteiger partial charge in [-0.05, 0) is 67.6 Å². The van der Waals surface area contributed by atoms with Gasteiger partial charge < -0.3 is 14.8 Å². The minimum atomic E-state index is 0.351. The van der Waals surface area contributed by atoms with Crippen molar-refractivity contribution in [3.8, 4) is 11.5 Å². The molecular weight excluding hydrogens is 398 g/mol. The zero-order valence-electron chi connectivity index (χ0n) is 19.5. The van der Waals surface area contributed by atoms with E-state index in [4.69, 9.17) is 9.47 Å². The quantitative estimate of drug-likeness (QED) is 0.292. The molecule has 3 aromatic rings. The maximum atomic E-state index is 6.01. The highest BCUT2D eigenvalue weighted by Crippen LogP contribution is 2.27. The Balaban J connectivity index is 1.51. The smallest absolute Gasteiger partial charge is 0.166 e. The molecule has 32 heavy (non-hydrogen) atoms. The second-order valence-electron chi connectivity index (χ2n) is 8.14. The molecule has 0 aliphatic rings. The first kappa shape index (κ1) is 23.6. The summed E-state index contributed by atoms with van der Waals surface area (Å²) in [5, 5.41) is 3.49. The highest BCUT2D eigenvalue weighted by Gasteiger charge is 2.06. The molecule has 2 aromatic carbocycles. The van der Waals surface area contributed by atoms with Crippen LogP contribution >= 0.6 is 0 Å². The molecule has 0 amide bonds. The average molecular weight is 434 g/mol. The van der Waals surface area contributed by atoms with Gasteiger partial charge in [0.1, 0.15) is 18.1 Å². The lowest BCUT2D eigenvalue weighted by molar-refractivity contribution is 0.286. The van der Waals surface area contributed by atoms with Crippen molar-refractivity contribution in [2.24, 2.45) is 5.92 Å². The van der Waals surface area contributed by atoms with Gasteiger partial charge in [-0.25, -0.2) is 9.97 Å². The number of hydrogen-bond acceptors (Lipinski definition) is 5. The summed E-state index contributed by atoms with van der Waals surface area (Å²) in [5.41, 5.74) is 3.15. The van der Waals surface area contributed by atoms with Crippen molar-refractivity contribution >= 4 is 11.4 Å². The summed E-state index contributed by atoms with van der Waals surface area (Å²) >= 11 is 0.